The van der Waals surface area contributed by atoms with E-state index in [0.717, 1.165) is 21.5 Å². The molecular formula is C8H8N6S. The molecule has 6 nitrogen and oxygen atoms in total. The molecule has 0 bridgehead atoms. The van der Waals surface area contributed by atoms with Crippen LogP contribution in [0.15, 0.2) is 12.4 Å². The van der Waals surface area contributed by atoms with E-state index in [1.807, 2.05) is 24.6 Å². The highest BCUT2D eigenvalue weighted by Gasteiger charge is 2.10. The van der Waals surface area contributed by atoms with E-state index in [2.05, 4.69) is 20.4 Å². The molecule has 0 atom stereocenters. The first-order chi connectivity index (χ1) is 7.24. The van der Waals surface area contributed by atoms with Crippen molar-refractivity contribution in [2.45, 2.75) is 13.8 Å². The number of fused-ring (bicyclic) bond motifs is 1. The molecule has 15 heavy (non-hydrogen) atoms. The van der Waals surface area contributed by atoms with E-state index in [9.17, 15) is 0 Å². The molecule has 3 aromatic rings. The molecule has 0 unspecified atom stereocenters. The highest BCUT2D eigenvalue weighted by atomic mass is 32.1. The lowest BCUT2D eigenvalue weighted by Gasteiger charge is -1.95. The summed E-state index contributed by atoms with van der Waals surface area (Å²) in [5.74, 6) is 0. The van der Waals surface area contributed by atoms with Gasteiger partial charge in [0.1, 0.15) is 6.33 Å². The molecule has 0 aromatic carbocycles. The quantitative estimate of drug-likeness (QED) is 0.613. The van der Waals surface area contributed by atoms with Gasteiger partial charge in [-0.2, -0.15) is 9.61 Å². The average Bonchev–Trinajstić information content (AvgIpc) is 2.77. The SMILES string of the molecule is Cc1cc(C)n(-c2nn3cnnc3s2)n1. The van der Waals surface area contributed by atoms with Crippen LogP contribution in [0.25, 0.3) is 10.1 Å². The molecule has 0 saturated heterocycles. The van der Waals surface area contributed by atoms with E-state index in [1.165, 1.54) is 11.3 Å². The molecule has 76 valence electrons. The third-order valence-electron chi connectivity index (χ3n) is 2.07. The van der Waals surface area contributed by atoms with Crippen LogP contribution in [0.2, 0.25) is 0 Å². The number of nitrogens with zero attached hydrogens (tertiary/aromatic N) is 6. The van der Waals surface area contributed by atoms with E-state index in [-0.39, 0.29) is 0 Å². The van der Waals surface area contributed by atoms with E-state index >= 15 is 0 Å². The van der Waals surface area contributed by atoms with E-state index < -0.39 is 0 Å². The number of aromatic nitrogens is 6. The van der Waals surface area contributed by atoms with Crippen molar-refractivity contribution in [2.75, 3.05) is 0 Å². The molecule has 0 spiro atoms. The van der Waals surface area contributed by atoms with Gasteiger partial charge in [0.2, 0.25) is 10.1 Å². The van der Waals surface area contributed by atoms with Crippen molar-refractivity contribution in [1.82, 2.24) is 29.6 Å². The van der Waals surface area contributed by atoms with Gasteiger partial charge in [-0.05, 0) is 19.9 Å². The maximum absolute atomic E-state index is 4.36. The zero-order valence-corrected chi connectivity index (χ0v) is 9.06. The zero-order chi connectivity index (χ0) is 10.4. The van der Waals surface area contributed by atoms with Crippen LogP contribution >= 0.6 is 11.3 Å². The Hall–Kier alpha value is -1.76. The van der Waals surface area contributed by atoms with Gasteiger partial charge in [0.25, 0.3) is 0 Å². The van der Waals surface area contributed by atoms with Crippen LogP contribution in [0.4, 0.5) is 0 Å². The highest BCUT2D eigenvalue weighted by Crippen LogP contribution is 2.17. The molecule has 0 aliphatic carbocycles. The maximum atomic E-state index is 4.36. The van der Waals surface area contributed by atoms with Crippen molar-refractivity contribution in [3.63, 3.8) is 0 Å². The molecule has 0 N–H and O–H groups in total. The fraction of sp³-hybridized carbons (Fsp3) is 0.250. The normalized spacial score (nSPS) is 11.3. The Kier molecular flexibility index (Phi) is 1.63. The van der Waals surface area contributed by atoms with Gasteiger partial charge in [-0.25, -0.2) is 4.68 Å². The number of rotatable bonds is 1. The Labute approximate surface area is 89.2 Å². The molecule has 0 saturated carbocycles. The minimum atomic E-state index is 0.776. The van der Waals surface area contributed by atoms with Crippen molar-refractivity contribution in [3.8, 4) is 5.13 Å². The number of hydrogen-bond acceptors (Lipinski definition) is 5. The summed E-state index contributed by atoms with van der Waals surface area (Å²) in [4.78, 5) is 0.776. The number of aryl methyl sites for hydroxylation is 2. The summed E-state index contributed by atoms with van der Waals surface area (Å²) in [5.41, 5.74) is 2.05. The van der Waals surface area contributed by atoms with Crippen LogP contribution in [0.3, 0.4) is 0 Å². The predicted octanol–water partition coefficient (Wildman–Crippen LogP) is 0.988. The minimum absolute atomic E-state index is 0.776. The summed E-state index contributed by atoms with van der Waals surface area (Å²) in [6.45, 7) is 3.96. The molecule has 0 aliphatic rings. The highest BCUT2D eigenvalue weighted by molar-refractivity contribution is 7.18. The standard InChI is InChI=1S/C8H8N6S/c1-5-3-6(2)14(11-5)8-12-13-4-9-10-7(13)15-8/h3-4H,1-2H3. The second-order valence-electron chi connectivity index (χ2n) is 3.28. The Morgan fingerprint density at radius 2 is 2.13 bits per heavy atom. The summed E-state index contributed by atoms with van der Waals surface area (Å²) >= 11 is 1.46. The van der Waals surface area contributed by atoms with Crippen molar-refractivity contribution in [3.05, 3.63) is 23.8 Å². The van der Waals surface area contributed by atoms with Gasteiger partial charge in [-0.1, -0.05) is 11.3 Å². The lowest BCUT2D eigenvalue weighted by Crippen LogP contribution is -1.99. The third-order valence-corrected chi connectivity index (χ3v) is 2.96. The second-order valence-corrected chi connectivity index (χ2v) is 4.22. The minimum Gasteiger partial charge on any atom is -0.209 e. The maximum Gasteiger partial charge on any atom is 0.236 e. The zero-order valence-electron chi connectivity index (χ0n) is 8.25. The largest absolute Gasteiger partial charge is 0.236 e. The second kappa shape index (κ2) is 2.86. The Morgan fingerprint density at radius 3 is 2.80 bits per heavy atom. The monoisotopic (exact) mass is 220 g/mol. The summed E-state index contributed by atoms with van der Waals surface area (Å²) in [5, 5.41) is 17.2. The van der Waals surface area contributed by atoms with Crippen LogP contribution in [0, 0.1) is 13.8 Å². The van der Waals surface area contributed by atoms with Crippen LogP contribution < -0.4 is 0 Å². The van der Waals surface area contributed by atoms with Crippen LogP contribution in [0.1, 0.15) is 11.4 Å². The lowest BCUT2D eigenvalue weighted by atomic mass is 10.4. The van der Waals surface area contributed by atoms with Gasteiger partial charge in [0.05, 0.1) is 5.69 Å². The first-order valence-electron chi connectivity index (χ1n) is 4.44. The number of hydrogen-bond donors (Lipinski definition) is 0. The summed E-state index contributed by atoms with van der Waals surface area (Å²) in [6, 6.07) is 2.02. The molecular weight excluding hydrogens is 212 g/mol. The molecule has 3 rings (SSSR count). The smallest absolute Gasteiger partial charge is 0.209 e. The first kappa shape index (κ1) is 8.54. The Balaban J connectivity index is 2.21. The fourth-order valence-corrected chi connectivity index (χ4v) is 2.29. The molecule has 3 heterocycles. The predicted molar refractivity (Wildman–Crippen MR) is 55.3 cm³/mol. The van der Waals surface area contributed by atoms with Crippen LogP contribution in [0.5, 0.6) is 0 Å². The molecule has 7 heteroatoms. The fourth-order valence-electron chi connectivity index (χ4n) is 1.46. The van der Waals surface area contributed by atoms with E-state index in [4.69, 9.17) is 0 Å². The molecule has 0 amide bonds. The van der Waals surface area contributed by atoms with Crippen molar-refractivity contribution >= 4 is 16.3 Å². The van der Waals surface area contributed by atoms with Gasteiger partial charge in [0, 0.05) is 5.69 Å². The van der Waals surface area contributed by atoms with Gasteiger partial charge in [-0.15, -0.1) is 15.3 Å². The van der Waals surface area contributed by atoms with Gasteiger partial charge in [-0.3, -0.25) is 0 Å². The average molecular weight is 220 g/mol. The van der Waals surface area contributed by atoms with Crippen LogP contribution in [-0.4, -0.2) is 29.6 Å². The summed E-state index contributed by atoms with van der Waals surface area (Å²) < 4.78 is 3.46. The van der Waals surface area contributed by atoms with Crippen molar-refractivity contribution in [2.24, 2.45) is 0 Å². The van der Waals surface area contributed by atoms with Crippen molar-refractivity contribution in [1.29, 1.82) is 0 Å². The van der Waals surface area contributed by atoms with Gasteiger partial charge >= 0.3 is 0 Å². The molecule has 3 aromatic heterocycles. The summed E-state index contributed by atoms with van der Waals surface area (Å²) in [7, 11) is 0. The lowest BCUT2D eigenvalue weighted by molar-refractivity contribution is 0.792. The van der Waals surface area contributed by atoms with Gasteiger partial charge in [0.15, 0.2) is 0 Å². The summed E-state index contributed by atoms with van der Waals surface area (Å²) in [6.07, 6.45) is 1.58. The van der Waals surface area contributed by atoms with E-state index in [0.29, 0.717) is 0 Å². The van der Waals surface area contributed by atoms with Crippen molar-refractivity contribution < 1.29 is 0 Å². The van der Waals surface area contributed by atoms with Gasteiger partial charge < -0.3 is 0 Å². The Bertz CT molecular complexity index is 589. The molecule has 0 radical (unpaired) electrons. The molecule has 0 fully saturated rings. The molecule has 0 aliphatic heterocycles. The first-order valence-corrected chi connectivity index (χ1v) is 5.26. The van der Waals surface area contributed by atoms with Crippen LogP contribution in [-0.2, 0) is 0 Å². The third kappa shape index (κ3) is 1.23. The Morgan fingerprint density at radius 1 is 1.27 bits per heavy atom. The topological polar surface area (TPSA) is 60.9 Å². The van der Waals surface area contributed by atoms with E-state index in [1.54, 1.807) is 10.8 Å².